The lowest BCUT2D eigenvalue weighted by Gasteiger charge is -2.29. The van der Waals surface area contributed by atoms with Crippen LogP contribution in [-0.4, -0.2) is 57.5 Å². The zero-order valence-corrected chi connectivity index (χ0v) is 20.1. The second-order valence-corrected chi connectivity index (χ2v) is 8.42. The number of piperidine rings is 1. The molecular formula is C27H32N2O4. The first kappa shape index (κ1) is 22.9. The molecular weight excluding hydrogens is 416 g/mol. The molecule has 1 aromatic heterocycles. The summed E-state index contributed by atoms with van der Waals surface area (Å²) in [4.78, 5) is 6.87. The van der Waals surface area contributed by atoms with E-state index in [0.29, 0.717) is 23.4 Å². The second kappa shape index (κ2) is 10.1. The van der Waals surface area contributed by atoms with Gasteiger partial charge in [-0.25, -0.2) is 0 Å². The summed E-state index contributed by atoms with van der Waals surface area (Å²) in [6.07, 6.45) is 6.20. The number of ether oxygens (including phenoxy) is 4. The molecule has 1 aliphatic rings. The van der Waals surface area contributed by atoms with Gasteiger partial charge in [-0.2, -0.15) is 0 Å². The highest BCUT2D eigenvalue weighted by atomic mass is 16.5. The SMILES string of the molecule is COc1cc(-c2cncc(-c3ccc(OC4CCN(C)CC4)cc3)c2C)cc(OC)c1OC. The van der Waals surface area contributed by atoms with E-state index < -0.39 is 0 Å². The van der Waals surface area contributed by atoms with Gasteiger partial charge in [0.25, 0.3) is 0 Å². The summed E-state index contributed by atoms with van der Waals surface area (Å²) in [5.41, 5.74) is 5.28. The van der Waals surface area contributed by atoms with Crippen LogP contribution < -0.4 is 18.9 Å². The highest BCUT2D eigenvalue weighted by Crippen LogP contribution is 2.42. The molecule has 1 aliphatic heterocycles. The van der Waals surface area contributed by atoms with Gasteiger partial charge in [0.1, 0.15) is 11.9 Å². The van der Waals surface area contributed by atoms with Gasteiger partial charge in [-0.1, -0.05) is 12.1 Å². The molecule has 0 saturated carbocycles. The zero-order valence-electron chi connectivity index (χ0n) is 20.1. The first-order valence-corrected chi connectivity index (χ1v) is 11.2. The molecule has 6 nitrogen and oxygen atoms in total. The number of methoxy groups -OCH3 is 3. The number of pyridine rings is 1. The third-order valence-electron chi connectivity index (χ3n) is 6.32. The van der Waals surface area contributed by atoms with Crippen molar-refractivity contribution in [1.29, 1.82) is 0 Å². The van der Waals surface area contributed by atoms with Crippen LogP contribution in [0.25, 0.3) is 22.3 Å². The van der Waals surface area contributed by atoms with Crippen LogP contribution in [0.5, 0.6) is 23.0 Å². The van der Waals surface area contributed by atoms with Gasteiger partial charge in [-0.05, 0) is 67.8 Å². The van der Waals surface area contributed by atoms with E-state index in [0.717, 1.165) is 59.5 Å². The first-order chi connectivity index (χ1) is 16.0. The Balaban J connectivity index is 1.61. The summed E-state index contributed by atoms with van der Waals surface area (Å²) >= 11 is 0. The summed E-state index contributed by atoms with van der Waals surface area (Å²) < 4.78 is 22.7. The Bertz CT molecular complexity index is 1060. The fraction of sp³-hybridized carbons (Fsp3) is 0.370. The molecule has 0 spiro atoms. The molecule has 0 aliphatic carbocycles. The van der Waals surface area contributed by atoms with Gasteiger partial charge in [0.2, 0.25) is 5.75 Å². The summed E-state index contributed by atoms with van der Waals surface area (Å²) in [6, 6.07) is 12.2. The Morgan fingerprint density at radius 1 is 0.818 bits per heavy atom. The highest BCUT2D eigenvalue weighted by molar-refractivity contribution is 5.79. The molecule has 33 heavy (non-hydrogen) atoms. The zero-order chi connectivity index (χ0) is 23.4. The smallest absolute Gasteiger partial charge is 0.203 e. The molecule has 2 aromatic carbocycles. The van der Waals surface area contributed by atoms with Crippen LogP contribution in [0.1, 0.15) is 18.4 Å². The van der Waals surface area contributed by atoms with Gasteiger partial charge in [0, 0.05) is 36.6 Å². The molecule has 174 valence electrons. The number of benzene rings is 2. The van der Waals surface area contributed by atoms with Crippen molar-refractivity contribution < 1.29 is 18.9 Å². The van der Waals surface area contributed by atoms with Crippen LogP contribution in [-0.2, 0) is 0 Å². The van der Waals surface area contributed by atoms with Crippen LogP contribution in [0, 0.1) is 6.92 Å². The van der Waals surface area contributed by atoms with Gasteiger partial charge in [-0.3, -0.25) is 4.98 Å². The molecule has 0 N–H and O–H groups in total. The molecule has 4 rings (SSSR count). The normalized spacial score (nSPS) is 14.7. The van der Waals surface area contributed by atoms with Crippen LogP contribution in [0.2, 0.25) is 0 Å². The van der Waals surface area contributed by atoms with Crippen molar-refractivity contribution in [2.24, 2.45) is 0 Å². The molecule has 1 saturated heterocycles. The van der Waals surface area contributed by atoms with Crippen molar-refractivity contribution in [2.75, 3.05) is 41.5 Å². The number of hydrogen-bond donors (Lipinski definition) is 0. The summed E-state index contributed by atoms with van der Waals surface area (Å²) in [5.74, 6) is 2.73. The van der Waals surface area contributed by atoms with E-state index in [9.17, 15) is 0 Å². The Labute approximate surface area is 196 Å². The van der Waals surface area contributed by atoms with Crippen LogP contribution in [0.3, 0.4) is 0 Å². The second-order valence-electron chi connectivity index (χ2n) is 8.42. The quantitative estimate of drug-likeness (QED) is 0.494. The Morgan fingerprint density at radius 3 is 1.94 bits per heavy atom. The fourth-order valence-electron chi connectivity index (χ4n) is 4.35. The molecule has 0 unspecified atom stereocenters. The third-order valence-corrected chi connectivity index (χ3v) is 6.32. The van der Waals surface area contributed by atoms with Crippen molar-refractivity contribution in [1.82, 2.24) is 9.88 Å². The Kier molecular flexibility index (Phi) is 7.04. The van der Waals surface area contributed by atoms with Crippen molar-refractivity contribution in [3.05, 3.63) is 54.4 Å². The molecule has 0 atom stereocenters. The molecule has 0 radical (unpaired) electrons. The third kappa shape index (κ3) is 4.91. The minimum atomic E-state index is 0.291. The van der Waals surface area contributed by atoms with E-state index in [1.807, 2.05) is 24.5 Å². The molecule has 2 heterocycles. The van der Waals surface area contributed by atoms with E-state index >= 15 is 0 Å². The minimum Gasteiger partial charge on any atom is -0.493 e. The van der Waals surface area contributed by atoms with E-state index in [4.69, 9.17) is 18.9 Å². The van der Waals surface area contributed by atoms with Crippen LogP contribution >= 0.6 is 0 Å². The van der Waals surface area contributed by atoms with E-state index in [-0.39, 0.29) is 0 Å². The number of aromatic nitrogens is 1. The van der Waals surface area contributed by atoms with E-state index in [2.05, 4.69) is 48.1 Å². The Hall–Kier alpha value is -3.25. The largest absolute Gasteiger partial charge is 0.493 e. The lowest BCUT2D eigenvalue weighted by atomic mass is 9.95. The van der Waals surface area contributed by atoms with Gasteiger partial charge < -0.3 is 23.8 Å². The van der Waals surface area contributed by atoms with Gasteiger partial charge in [0.15, 0.2) is 11.5 Å². The van der Waals surface area contributed by atoms with E-state index in [1.165, 1.54) is 0 Å². The summed E-state index contributed by atoms with van der Waals surface area (Å²) in [5, 5.41) is 0. The monoisotopic (exact) mass is 448 g/mol. The molecule has 3 aromatic rings. The van der Waals surface area contributed by atoms with Crippen molar-refractivity contribution in [2.45, 2.75) is 25.9 Å². The van der Waals surface area contributed by atoms with Crippen LogP contribution in [0.15, 0.2) is 48.8 Å². The molecule has 0 amide bonds. The Morgan fingerprint density at radius 2 is 1.39 bits per heavy atom. The standard InChI is InChI=1S/C27H32N2O4/c1-18-23(19-6-8-21(9-7-19)33-22-10-12-29(2)13-11-22)16-28-17-24(18)20-14-25(30-3)27(32-5)26(15-20)31-4/h6-9,14-17,22H,10-13H2,1-5H3. The first-order valence-electron chi connectivity index (χ1n) is 11.2. The van der Waals surface area contributed by atoms with Gasteiger partial charge in [0.05, 0.1) is 21.3 Å². The van der Waals surface area contributed by atoms with Crippen molar-refractivity contribution >= 4 is 0 Å². The minimum absolute atomic E-state index is 0.291. The number of rotatable bonds is 7. The van der Waals surface area contributed by atoms with Crippen LogP contribution in [0.4, 0.5) is 0 Å². The average Bonchev–Trinajstić information content (AvgIpc) is 2.85. The lowest BCUT2D eigenvalue weighted by molar-refractivity contribution is 0.114. The summed E-state index contributed by atoms with van der Waals surface area (Å²) in [6.45, 7) is 4.28. The number of hydrogen-bond acceptors (Lipinski definition) is 6. The highest BCUT2D eigenvalue weighted by Gasteiger charge is 2.19. The van der Waals surface area contributed by atoms with Crippen molar-refractivity contribution in [3.63, 3.8) is 0 Å². The maximum Gasteiger partial charge on any atom is 0.203 e. The van der Waals surface area contributed by atoms with Gasteiger partial charge in [-0.15, -0.1) is 0 Å². The number of likely N-dealkylation sites (tertiary alicyclic amines) is 1. The predicted octanol–water partition coefficient (Wildman–Crippen LogP) is 5.22. The number of nitrogens with zero attached hydrogens (tertiary/aromatic N) is 2. The maximum atomic E-state index is 6.21. The lowest BCUT2D eigenvalue weighted by Crippen LogP contribution is -2.35. The molecule has 6 heteroatoms. The molecule has 1 fully saturated rings. The molecule has 0 bridgehead atoms. The summed E-state index contributed by atoms with van der Waals surface area (Å²) in [7, 11) is 7.01. The van der Waals surface area contributed by atoms with E-state index in [1.54, 1.807) is 21.3 Å². The predicted molar refractivity (Wildman–Crippen MR) is 131 cm³/mol. The fourth-order valence-corrected chi connectivity index (χ4v) is 4.35. The maximum absolute atomic E-state index is 6.21. The van der Waals surface area contributed by atoms with Gasteiger partial charge >= 0.3 is 0 Å². The average molecular weight is 449 g/mol. The topological polar surface area (TPSA) is 53.1 Å². The van der Waals surface area contributed by atoms with Crippen molar-refractivity contribution in [3.8, 4) is 45.3 Å².